The van der Waals surface area contributed by atoms with Gasteiger partial charge in [-0.25, -0.2) is 0 Å². The van der Waals surface area contributed by atoms with Crippen molar-refractivity contribution in [3.05, 3.63) is 35.5 Å². The third kappa shape index (κ3) is 2.13. The van der Waals surface area contributed by atoms with Crippen molar-refractivity contribution in [1.82, 2.24) is 4.57 Å². The van der Waals surface area contributed by atoms with Crippen molar-refractivity contribution < 1.29 is 9.90 Å². The van der Waals surface area contributed by atoms with E-state index in [0.717, 1.165) is 16.5 Å². The van der Waals surface area contributed by atoms with Gasteiger partial charge in [-0.05, 0) is 24.6 Å². The minimum Gasteiger partial charge on any atom is -0.481 e. The number of nitrogens with zero attached hydrogens (tertiary/aromatic N) is 1. The van der Waals surface area contributed by atoms with E-state index in [4.69, 9.17) is 5.11 Å². The molecule has 2 aromatic rings. The lowest BCUT2D eigenvalue weighted by molar-refractivity contribution is -0.138. The zero-order valence-corrected chi connectivity index (χ0v) is 11.3. The normalized spacial score (nSPS) is 12.0. The van der Waals surface area contributed by atoms with E-state index in [1.54, 1.807) is 0 Å². The van der Waals surface area contributed by atoms with Crippen LogP contribution in [0.2, 0.25) is 0 Å². The summed E-state index contributed by atoms with van der Waals surface area (Å²) in [4.78, 5) is 11.0. The summed E-state index contributed by atoms with van der Waals surface area (Å²) in [5, 5.41) is 10.2. The van der Waals surface area contributed by atoms with Crippen LogP contribution in [0.1, 0.15) is 31.4 Å². The Morgan fingerprint density at radius 3 is 2.67 bits per heavy atom. The van der Waals surface area contributed by atoms with Gasteiger partial charge in [-0.2, -0.15) is 0 Å². The van der Waals surface area contributed by atoms with Gasteiger partial charge < -0.3 is 9.67 Å². The number of hydrogen-bond acceptors (Lipinski definition) is 1. The maximum atomic E-state index is 11.0. The minimum atomic E-state index is -0.760. The molecule has 0 bridgehead atoms. The SMILES string of the molecule is Cc1ccc2c(c1)c(C(C)(C)CC(=O)O)cn2C. The number of fused-ring (bicyclic) bond motifs is 1. The van der Waals surface area contributed by atoms with Gasteiger partial charge in [-0.15, -0.1) is 0 Å². The van der Waals surface area contributed by atoms with E-state index in [1.165, 1.54) is 5.56 Å². The molecule has 0 unspecified atom stereocenters. The fourth-order valence-electron chi connectivity index (χ4n) is 2.52. The third-order valence-corrected chi connectivity index (χ3v) is 3.47. The summed E-state index contributed by atoms with van der Waals surface area (Å²) < 4.78 is 2.06. The Kier molecular flexibility index (Phi) is 2.93. The molecule has 2 rings (SSSR count). The third-order valence-electron chi connectivity index (χ3n) is 3.47. The van der Waals surface area contributed by atoms with E-state index < -0.39 is 5.97 Å². The Balaban J connectivity index is 2.64. The van der Waals surface area contributed by atoms with E-state index >= 15 is 0 Å². The first-order valence-electron chi connectivity index (χ1n) is 6.09. The number of carbonyl (C=O) groups is 1. The van der Waals surface area contributed by atoms with E-state index in [1.807, 2.05) is 27.1 Å². The molecular formula is C15H19NO2. The summed E-state index contributed by atoms with van der Waals surface area (Å²) in [6.45, 7) is 6.02. The summed E-state index contributed by atoms with van der Waals surface area (Å²) in [7, 11) is 2.00. The van der Waals surface area contributed by atoms with E-state index in [-0.39, 0.29) is 11.8 Å². The summed E-state index contributed by atoms with van der Waals surface area (Å²) in [6, 6.07) is 6.30. The van der Waals surface area contributed by atoms with Gasteiger partial charge in [0.25, 0.3) is 0 Å². The molecule has 3 nitrogen and oxygen atoms in total. The fraction of sp³-hybridized carbons (Fsp3) is 0.400. The molecule has 0 saturated carbocycles. The molecule has 0 amide bonds. The number of benzene rings is 1. The Bertz CT molecular complexity index is 608. The molecule has 0 fully saturated rings. The molecule has 0 spiro atoms. The van der Waals surface area contributed by atoms with Crippen LogP contribution in [0.25, 0.3) is 10.9 Å². The topological polar surface area (TPSA) is 42.2 Å². The second-order valence-electron chi connectivity index (χ2n) is 5.63. The highest BCUT2D eigenvalue weighted by Crippen LogP contribution is 2.34. The molecule has 0 saturated heterocycles. The summed E-state index contributed by atoms with van der Waals surface area (Å²) >= 11 is 0. The van der Waals surface area contributed by atoms with Gasteiger partial charge in [0.15, 0.2) is 0 Å². The highest BCUT2D eigenvalue weighted by molar-refractivity contribution is 5.86. The van der Waals surface area contributed by atoms with Crippen molar-refractivity contribution in [3.8, 4) is 0 Å². The van der Waals surface area contributed by atoms with E-state index in [9.17, 15) is 4.79 Å². The zero-order valence-electron chi connectivity index (χ0n) is 11.3. The first-order chi connectivity index (χ1) is 8.31. The smallest absolute Gasteiger partial charge is 0.304 e. The summed E-state index contributed by atoms with van der Waals surface area (Å²) in [5.74, 6) is -0.760. The maximum absolute atomic E-state index is 11.0. The number of rotatable bonds is 3. The summed E-state index contributed by atoms with van der Waals surface area (Å²) in [6.07, 6.45) is 2.19. The number of aromatic nitrogens is 1. The molecule has 1 aromatic heterocycles. The van der Waals surface area contributed by atoms with Gasteiger partial charge in [0.2, 0.25) is 0 Å². The van der Waals surface area contributed by atoms with Gasteiger partial charge >= 0.3 is 5.97 Å². The number of aryl methyl sites for hydroxylation is 2. The van der Waals surface area contributed by atoms with Crippen molar-refractivity contribution in [1.29, 1.82) is 0 Å². The highest BCUT2D eigenvalue weighted by atomic mass is 16.4. The zero-order chi connectivity index (χ0) is 13.5. The molecule has 0 aliphatic heterocycles. The van der Waals surface area contributed by atoms with Crippen LogP contribution >= 0.6 is 0 Å². The number of carboxylic acid groups (broad SMARTS) is 1. The molecule has 0 aliphatic carbocycles. The van der Waals surface area contributed by atoms with Crippen LogP contribution in [-0.4, -0.2) is 15.6 Å². The van der Waals surface area contributed by atoms with Crippen molar-refractivity contribution in [3.63, 3.8) is 0 Å². The lowest BCUT2D eigenvalue weighted by atomic mass is 9.81. The first kappa shape index (κ1) is 12.7. The van der Waals surface area contributed by atoms with Crippen LogP contribution in [0.5, 0.6) is 0 Å². The average molecular weight is 245 g/mol. The van der Waals surface area contributed by atoms with Crippen LogP contribution in [0.4, 0.5) is 0 Å². The van der Waals surface area contributed by atoms with Gasteiger partial charge in [0.05, 0.1) is 6.42 Å². The van der Waals surface area contributed by atoms with E-state index in [0.29, 0.717) is 0 Å². The predicted molar refractivity (Wildman–Crippen MR) is 72.9 cm³/mol. The number of carboxylic acids is 1. The average Bonchev–Trinajstić information content (AvgIpc) is 2.54. The molecule has 0 aliphatic rings. The minimum absolute atomic E-state index is 0.139. The van der Waals surface area contributed by atoms with Gasteiger partial charge in [-0.3, -0.25) is 4.79 Å². The quantitative estimate of drug-likeness (QED) is 0.902. The molecule has 0 radical (unpaired) electrons. The van der Waals surface area contributed by atoms with Crippen LogP contribution in [-0.2, 0) is 17.3 Å². The van der Waals surface area contributed by atoms with Crippen molar-refractivity contribution in [2.24, 2.45) is 7.05 Å². The fourth-order valence-corrected chi connectivity index (χ4v) is 2.52. The highest BCUT2D eigenvalue weighted by Gasteiger charge is 2.27. The summed E-state index contributed by atoms with van der Waals surface area (Å²) in [5.41, 5.74) is 3.08. The molecule has 1 N–H and O–H groups in total. The van der Waals surface area contributed by atoms with Crippen molar-refractivity contribution in [2.45, 2.75) is 32.6 Å². The second-order valence-corrected chi connectivity index (χ2v) is 5.63. The van der Waals surface area contributed by atoms with Crippen LogP contribution < -0.4 is 0 Å². The molecule has 96 valence electrons. The maximum Gasteiger partial charge on any atom is 0.304 e. The molecule has 0 atom stereocenters. The van der Waals surface area contributed by atoms with Gasteiger partial charge in [-0.1, -0.05) is 25.5 Å². The Morgan fingerprint density at radius 2 is 2.06 bits per heavy atom. The molecular weight excluding hydrogens is 226 g/mol. The Labute approximate surface area is 107 Å². The Hall–Kier alpha value is -1.77. The molecule has 1 heterocycles. The molecule has 3 heteroatoms. The van der Waals surface area contributed by atoms with Crippen LogP contribution in [0.15, 0.2) is 24.4 Å². The lowest BCUT2D eigenvalue weighted by Crippen LogP contribution is -2.21. The number of hydrogen-bond donors (Lipinski definition) is 1. The standard InChI is InChI=1S/C15H19NO2/c1-10-5-6-13-11(7-10)12(9-16(13)4)15(2,3)8-14(17)18/h5-7,9H,8H2,1-4H3,(H,17,18). The monoisotopic (exact) mass is 245 g/mol. The Morgan fingerprint density at radius 1 is 1.39 bits per heavy atom. The second kappa shape index (κ2) is 4.16. The molecule has 18 heavy (non-hydrogen) atoms. The first-order valence-corrected chi connectivity index (χ1v) is 6.09. The van der Waals surface area contributed by atoms with Gasteiger partial charge in [0, 0.05) is 29.6 Å². The number of aliphatic carboxylic acids is 1. The van der Waals surface area contributed by atoms with Gasteiger partial charge in [0.1, 0.15) is 0 Å². The van der Waals surface area contributed by atoms with E-state index in [2.05, 4.69) is 29.7 Å². The van der Waals surface area contributed by atoms with Crippen molar-refractivity contribution in [2.75, 3.05) is 0 Å². The predicted octanol–water partition coefficient (Wildman–Crippen LogP) is 3.24. The largest absolute Gasteiger partial charge is 0.481 e. The van der Waals surface area contributed by atoms with Crippen LogP contribution in [0, 0.1) is 6.92 Å². The lowest BCUT2D eigenvalue weighted by Gasteiger charge is -2.22. The van der Waals surface area contributed by atoms with Crippen molar-refractivity contribution >= 4 is 16.9 Å². The molecule has 1 aromatic carbocycles. The van der Waals surface area contributed by atoms with Crippen LogP contribution in [0.3, 0.4) is 0 Å².